The fourth-order valence-corrected chi connectivity index (χ4v) is 3.72. The highest BCUT2D eigenvalue weighted by atomic mass is 35.5. The van der Waals surface area contributed by atoms with Gasteiger partial charge in [0.15, 0.2) is 10.9 Å². The average Bonchev–Trinajstić information content (AvgIpc) is 3.36. The lowest BCUT2D eigenvalue weighted by Gasteiger charge is -2.35. The van der Waals surface area contributed by atoms with Gasteiger partial charge in [0.25, 0.3) is 0 Å². The number of furan rings is 1. The Kier molecular flexibility index (Phi) is 5.95. The highest BCUT2D eigenvalue weighted by Gasteiger charge is 2.20. The van der Waals surface area contributed by atoms with Crippen molar-refractivity contribution >= 4 is 34.7 Å². The van der Waals surface area contributed by atoms with Crippen molar-refractivity contribution in [1.82, 2.24) is 19.6 Å². The van der Waals surface area contributed by atoms with Crippen LogP contribution in [0.25, 0.3) is 0 Å². The van der Waals surface area contributed by atoms with E-state index in [0.29, 0.717) is 11.7 Å². The minimum atomic E-state index is 0.625. The third-order valence-electron chi connectivity index (χ3n) is 4.78. The summed E-state index contributed by atoms with van der Waals surface area (Å²) < 4.78 is 7.28. The summed E-state index contributed by atoms with van der Waals surface area (Å²) in [5.74, 6) is 1.74. The van der Waals surface area contributed by atoms with Gasteiger partial charge in [-0.05, 0) is 36.0 Å². The molecular formula is C20H22ClN5OS. The van der Waals surface area contributed by atoms with E-state index in [-0.39, 0.29) is 0 Å². The van der Waals surface area contributed by atoms with Gasteiger partial charge in [-0.25, -0.2) is 0 Å². The van der Waals surface area contributed by atoms with Crippen LogP contribution in [0.3, 0.4) is 0 Å². The second-order valence-corrected chi connectivity index (χ2v) is 7.56. The third-order valence-corrected chi connectivity index (χ3v) is 5.51. The fourth-order valence-electron chi connectivity index (χ4n) is 3.24. The molecule has 0 radical (unpaired) electrons. The van der Waals surface area contributed by atoms with Gasteiger partial charge in [0.2, 0.25) is 0 Å². The monoisotopic (exact) mass is 415 g/mol. The number of aromatic nitrogens is 2. The molecule has 1 N–H and O–H groups in total. The number of halogens is 1. The maximum absolute atomic E-state index is 6.23. The summed E-state index contributed by atoms with van der Waals surface area (Å²) in [6, 6.07) is 13.7. The first kappa shape index (κ1) is 19.0. The molecule has 2 aromatic heterocycles. The van der Waals surface area contributed by atoms with E-state index in [9.17, 15) is 0 Å². The predicted octanol–water partition coefficient (Wildman–Crippen LogP) is 3.69. The molecule has 4 rings (SSSR count). The fraction of sp³-hybridized carbons (Fsp3) is 0.300. The molecule has 1 aromatic carbocycles. The van der Waals surface area contributed by atoms with Crippen molar-refractivity contribution in [1.29, 1.82) is 0 Å². The first-order valence-corrected chi connectivity index (χ1v) is 10.0. The Morgan fingerprint density at radius 1 is 1.07 bits per heavy atom. The van der Waals surface area contributed by atoms with Gasteiger partial charge in [-0.3, -0.25) is 9.58 Å². The number of piperazine rings is 1. The van der Waals surface area contributed by atoms with Crippen LogP contribution in [0.1, 0.15) is 11.3 Å². The third kappa shape index (κ3) is 4.73. The van der Waals surface area contributed by atoms with Crippen molar-refractivity contribution in [3.05, 3.63) is 71.3 Å². The SMILES string of the molecule is S=C(Nc1ccn(Cc2ccccc2Cl)n1)N1CCN(Cc2ccco2)CC1. The number of nitrogens with zero attached hydrogens (tertiary/aromatic N) is 4. The van der Waals surface area contributed by atoms with Crippen molar-refractivity contribution in [2.45, 2.75) is 13.1 Å². The van der Waals surface area contributed by atoms with Crippen molar-refractivity contribution in [3.8, 4) is 0 Å². The maximum atomic E-state index is 6.23. The Balaban J connectivity index is 1.27. The minimum Gasteiger partial charge on any atom is -0.468 e. The Bertz CT molecular complexity index is 918. The molecule has 1 saturated heterocycles. The summed E-state index contributed by atoms with van der Waals surface area (Å²) in [4.78, 5) is 4.55. The van der Waals surface area contributed by atoms with Gasteiger partial charge in [0, 0.05) is 43.5 Å². The molecule has 1 fully saturated rings. The predicted molar refractivity (Wildman–Crippen MR) is 115 cm³/mol. The van der Waals surface area contributed by atoms with Gasteiger partial charge in [-0.1, -0.05) is 29.8 Å². The van der Waals surface area contributed by atoms with Crippen LogP contribution in [0.15, 0.2) is 59.3 Å². The first-order chi connectivity index (χ1) is 13.7. The van der Waals surface area contributed by atoms with Crippen molar-refractivity contribution in [3.63, 3.8) is 0 Å². The van der Waals surface area contributed by atoms with Crippen molar-refractivity contribution < 1.29 is 4.42 Å². The van der Waals surface area contributed by atoms with Crippen LogP contribution >= 0.6 is 23.8 Å². The summed E-state index contributed by atoms with van der Waals surface area (Å²) in [7, 11) is 0. The van der Waals surface area contributed by atoms with Crippen LogP contribution < -0.4 is 5.32 Å². The molecule has 1 aliphatic heterocycles. The molecule has 3 aromatic rings. The van der Waals surface area contributed by atoms with E-state index in [0.717, 1.165) is 54.9 Å². The Labute approximate surface area is 174 Å². The van der Waals surface area contributed by atoms with Crippen LogP contribution in [-0.2, 0) is 13.1 Å². The van der Waals surface area contributed by atoms with Gasteiger partial charge in [-0.2, -0.15) is 5.10 Å². The highest BCUT2D eigenvalue weighted by Crippen LogP contribution is 2.17. The Hall–Kier alpha value is -2.35. The molecular weight excluding hydrogens is 394 g/mol. The second kappa shape index (κ2) is 8.77. The van der Waals surface area contributed by atoms with Gasteiger partial charge >= 0.3 is 0 Å². The molecule has 0 amide bonds. The van der Waals surface area contributed by atoms with Crippen LogP contribution in [0, 0.1) is 0 Å². The summed E-state index contributed by atoms with van der Waals surface area (Å²) in [6.07, 6.45) is 3.64. The molecule has 28 heavy (non-hydrogen) atoms. The number of thiocarbonyl (C=S) groups is 1. The smallest absolute Gasteiger partial charge is 0.174 e. The largest absolute Gasteiger partial charge is 0.468 e. The van der Waals surface area contributed by atoms with Crippen LogP contribution in [0.4, 0.5) is 5.82 Å². The highest BCUT2D eigenvalue weighted by molar-refractivity contribution is 7.80. The second-order valence-electron chi connectivity index (χ2n) is 6.76. The lowest BCUT2D eigenvalue weighted by molar-refractivity contribution is 0.166. The molecule has 0 spiro atoms. The van der Waals surface area contributed by atoms with Gasteiger partial charge in [0.05, 0.1) is 19.4 Å². The van der Waals surface area contributed by atoms with Crippen LogP contribution in [-0.4, -0.2) is 50.9 Å². The number of nitrogens with one attached hydrogen (secondary N) is 1. The quantitative estimate of drug-likeness (QED) is 0.641. The maximum Gasteiger partial charge on any atom is 0.174 e. The van der Waals surface area contributed by atoms with Gasteiger partial charge in [0.1, 0.15) is 5.76 Å². The molecule has 146 valence electrons. The van der Waals surface area contributed by atoms with Crippen molar-refractivity contribution in [2.24, 2.45) is 0 Å². The van der Waals surface area contributed by atoms with E-state index in [2.05, 4.69) is 20.2 Å². The average molecular weight is 416 g/mol. The van der Waals surface area contributed by atoms with E-state index in [1.54, 1.807) is 6.26 Å². The lowest BCUT2D eigenvalue weighted by atomic mass is 10.2. The number of hydrogen-bond acceptors (Lipinski definition) is 4. The topological polar surface area (TPSA) is 49.5 Å². The van der Waals surface area contributed by atoms with E-state index < -0.39 is 0 Å². The van der Waals surface area contributed by atoms with Crippen molar-refractivity contribution in [2.75, 3.05) is 31.5 Å². The zero-order valence-corrected chi connectivity index (χ0v) is 17.0. The summed E-state index contributed by atoms with van der Waals surface area (Å²) >= 11 is 11.8. The van der Waals surface area contributed by atoms with Crippen LogP contribution in [0.5, 0.6) is 0 Å². The van der Waals surface area contributed by atoms with E-state index in [1.807, 2.05) is 53.3 Å². The molecule has 0 aliphatic carbocycles. The standard InChI is InChI=1S/C20H22ClN5OS/c21-18-6-2-1-4-16(18)14-26-8-7-19(23-26)22-20(28)25-11-9-24(10-12-25)15-17-5-3-13-27-17/h1-8,13H,9-12,14-15H2,(H,22,23,28). The Morgan fingerprint density at radius 3 is 2.64 bits per heavy atom. The number of rotatable bonds is 5. The minimum absolute atomic E-state index is 0.625. The van der Waals surface area contributed by atoms with Gasteiger partial charge in [-0.15, -0.1) is 0 Å². The summed E-state index contributed by atoms with van der Waals surface area (Å²) in [5.41, 5.74) is 1.04. The van der Waals surface area contributed by atoms with Gasteiger partial charge < -0.3 is 14.6 Å². The van der Waals surface area contributed by atoms with E-state index in [4.69, 9.17) is 28.2 Å². The number of anilines is 1. The molecule has 0 atom stereocenters. The molecule has 8 heteroatoms. The number of hydrogen-bond donors (Lipinski definition) is 1. The molecule has 0 saturated carbocycles. The molecule has 0 bridgehead atoms. The molecule has 1 aliphatic rings. The van der Waals surface area contributed by atoms with E-state index in [1.165, 1.54) is 0 Å². The number of benzene rings is 1. The lowest BCUT2D eigenvalue weighted by Crippen LogP contribution is -2.49. The summed E-state index contributed by atoms with van der Waals surface area (Å²) in [6.45, 7) is 5.12. The normalized spacial score (nSPS) is 15.0. The first-order valence-electron chi connectivity index (χ1n) is 9.25. The van der Waals surface area contributed by atoms with E-state index >= 15 is 0 Å². The zero-order chi connectivity index (χ0) is 19.3. The van der Waals surface area contributed by atoms with Crippen LogP contribution in [0.2, 0.25) is 5.02 Å². The Morgan fingerprint density at radius 2 is 1.89 bits per heavy atom. The summed E-state index contributed by atoms with van der Waals surface area (Å²) in [5, 5.41) is 9.26. The molecule has 3 heterocycles. The zero-order valence-electron chi connectivity index (χ0n) is 15.4. The molecule has 0 unspecified atom stereocenters. The molecule has 6 nitrogen and oxygen atoms in total.